The Kier molecular flexibility index (Phi) is 6.00. The minimum absolute atomic E-state index is 0.227. The first-order chi connectivity index (χ1) is 9.93. The number of hydrogen-bond donors (Lipinski definition) is 1. The molecule has 0 aliphatic heterocycles. The van der Waals surface area contributed by atoms with Crippen LogP contribution in [-0.4, -0.2) is 34.1 Å². The second-order valence-electron chi connectivity index (χ2n) is 4.17. The predicted molar refractivity (Wildman–Crippen MR) is 76.2 cm³/mol. The first kappa shape index (κ1) is 16.3. The molecule has 110 valence electrons. The summed E-state index contributed by atoms with van der Waals surface area (Å²) in [7, 11) is 1.35. The number of methoxy groups -OCH3 is 1. The Hall–Kier alpha value is -2.76. The minimum atomic E-state index is -0.937. The molecular weight excluding hydrogens is 272 g/mol. The highest BCUT2D eigenvalue weighted by molar-refractivity contribution is 5.88. The fraction of sp³-hybridized carbons (Fsp3) is 0.200. The molecule has 2 aromatic rings. The van der Waals surface area contributed by atoms with Gasteiger partial charge in [-0.2, -0.15) is 0 Å². The molecule has 0 spiro atoms. The van der Waals surface area contributed by atoms with Crippen molar-refractivity contribution in [2.75, 3.05) is 7.11 Å². The zero-order valence-electron chi connectivity index (χ0n) is 12.0. The van der Waals surface area contributed by atoms with Gasteiger partial charge in [0.05, 0.1) is 18.2 Å². The summed E-state index contributed by atoms with van der Waals surface area (Å²) in [5, 5.41) is 8.44. The summed E-state index contributed by atoms with van der Waals surface area (Å²) in [6.07, 6.45) is 2.85. The summed E-state index contributed by atoms with van der Waals surface area (Å²) in [6, 6.07) is 6.66. The van der Waals surface area contributed by atoms with Crippen molar-refractivity contribution >= 4 is 11.9 Å². The van der Waals surface area contributed by atoms with E-state index in [9.17, 15) is 9.59 Å². The number of carboxylic acid groups (broad SMARTS) is 1. The normalized spacial score (nSPS) is 9.29. The average Bonchev–Trinajstić information content (AvgIpc) is 2.48. The van der Waals surface area contributed by atoms with Crippen LogP contribution < -0.4 is 0 Å². The molecule has 0 radical (unpaired) electrons. The van der Waals surface area contributed by atoms with Crippen molar-refractivity contribution in [1.82, 2.24) is 9.97 Å². The molecule has 0 aliphatic carbocycles. The van der Waals surface area contributed by atoms with Gasteiger partial charge in [-0.3, -0.25) is 9.97 Å². The summed E-state index contributed by atoms with van der Waals surface area (Å²) < 4.78 is 4.50. The molecule has 0 bridgehead atoms. The summed E-state index contributed by atoms with van der Waals surface area (Å²) in [5.41, 5.74) is 2.42. The largest absolute Gasteiger partial charge is 0.478 e. The van der Waals surface area contributed by atoms with Crippen molar-refractivity contribution in [1.29, 1.82) is 0 Å². The molecule has 0 unspecified atom stereocenters. The number of aromatic nitrogens is 2. The quantitative estimate of drug-likeness (QED) is 0.853. The molecule has 0 fully saturated rings. The lowest BCUT2D eigenvalue weighted by atomic mass is 10.2. The highest BCUT2D eigenvalue weighted by Gasteiger charge is 2.03. The van der Waals surface area contributed by atoms with Crippen LogP contribution in [0.2, 0.25) is 0 Å². The Morgan fingerprint density at radius 3 is 1.76 bits per heavy atom. The van der Waals surface area contributed by atoms with Gasteiger partial charge in [0.1, 0.15) is 0 Å². The third kappa shape index (κ3) is 5.40. The van der Waals surface area contributed by atoms with E-state index < -0.39 is 5.97 Å². The summed E-state index contributed by atoms with van der Waals surface area (Å²) in [4.78, 5) is 28.9. The van der Waals surface area contributed by atoms with Crippen LogP contribution in [0.3, 0.4) is 0 Å². The van der Waals surface area contributed by atoms with Crippen LogP contribution in [0.25, 0.3) is 0 Å². The van der Waals surface area contributed by atoms with E-state index in [2.05, 4.69) is 14.7 Å². The second kappa shape index (κ2) is 7.74. The van der Waals surface area contributed by atoms with Crippen molar-refractivity contribution in [3.63, 3.8) is 0 Å². The van der Waals surface area contributed by atoms with E-state index >= 15 is 0 Å². The smallest absolute Gasteiger partial charge is 0.339 e. The van der Waals surface area contributed by atoms with Crippen molar-refractivity contribution in [2.45, 2.75) is 13.8 Å². The SMILES string of the molecule is COC(=O)c1ccc(C)nc1.Cc1ccc(C(=O)O)cn1. The topological polar surface area (TPSA) is 89.4 Å². The van der Waals surface area contributed by atoms with Gasteiger partial charge in [-0.25, -0.2) is 9.59 Å². The fourth-order valence-electron chi connectivity index (χ4n) is 1.30. The van der Waals surface area contributed by atoms with E-state index in [0.717, 1.165) is 11.4 Å². The van der Waals surface area contributed by atoms with Crippen LogP contribution in [0.4, 0.5) is 0 Å². The number of ether oxygens (including phenoxy) is 1. The zero-order valence-corrected chi connectivity index (χ0v) is 12.0. The maximum atomic E-state index is 10.9. The zero-order chi connectivity index (χ0) is 15.8. The van der Waals surface area contributed by atoms with Gasteiger partial charge < -0.3 is 9.84 Å². The molecule has 0 amide bonds. The van der Waals surface area contributed by atoms with Crippen LogP contribution in [0, 0.1) is 13.8 Å². The van der Waals surface area contributed by atoms with Crippen LogP contribution >= 0.6 is 0 Å². The Morgan fingerprint density at radius 2 is 1.43 bits per heavy atom. The first-order valence-corrected chi connectivity index (χ1v) is 6.11. The third-order valence-electron chi connectivity index (χ3n) is 2.49. The maximum Gasteiger partial charge on any atom is 0.339 e. The van der Waals surface area contributed by atoms with E-state index in [1.54, 1.807) is 18.2 Å². The summed E-state index contributed by atoms with van der Waals surface area (Å²) >= 11 is 0. The highest BCUT2D eigenvalue weighted by atomic mass is 16.5. The van der Waals surface area contributed by atoms with Crippen LogP contribution in [-0.2, 0) is 4.74 Å². The van der Waals surface area contributed by atoms with Gasteiger partial charge in [0, 0.05) is 23.8 Å². The molecule has 6 nitrogen and oxygen atoms in total. The van der Waals surface area contributed by atoms with Crippen molar-refractivity contribution < 1.29 is 19.4 Å². The van der Waals surface area contributed by atoms with Crippen molar-refractivity contribution in [3.05, 3.63) is 59.2 Å². The fourth-order valence-corrected chi connectivity index (χ4v) is 1.30. The number of rotatable bonds is 2. The van der Waals surface area contributed by atoms with Crippen LogP contribution in [0.5, 0.6) is 0 Å². The van der Waals surface area contributed by atoms with E-state index in [1.165, 1.54) is 25.6 Å². The van der Waals surface area contributed by atoms with Crippen LogP contribution in [0.15, 0.2) is 36.7 Å². The van der Waals surface area contributed by atoms with Gasteiger partial charge >= 0.3 is 11.9 Å². The molecule has 2 aromatic heterocycles. The van der Waals surface area contributed by atoms with Gasteiger partial charge in [-0.1, -0.05) is 0 Å². The van der Waals surface area contributed by atoms with Gasteiger partial charge in [0.15, 0.2) is 0 Å². The molecule has 0 aliphatic rings. The number of hydrogen-bond acceptors (Lipinski definition) is 5. The van der Waals surface area contributed by atoms with Gasteiger partial charge in [-0.15, -0.1) is 0 Å². The number of carboxylic acids is 1. The maximum absolute atomic E-state index is 10.9. The average molecular weight is 288 g/mol. The molecule has 0 saturated heterocycles. The monoisotopic (exact) mass is 288 g/mol. The minimum Gasteiger partial charge on any atom is -0.478 e. The van der Waals surface area contributed by atoms with Crippen molar-refractivity contribution in [3.8, 4) is 0 Å². The summed E-state index contributed by atoms with van der Waals surface area (Å²) in [5.74, 6) is -1.29. The lowest BCUT2D eigenvalue weighted by Crippen LogP contribution is -2.01. The number of carbonyl (C=O) groups is 2. The molecule has 0 aromatic carbocycles. The van der Waals surface area contributed by atoms with Gasteiger partial charge in [-0.05, 0) is 38.1 Å². The number of nitrogens with zero attached hydrogens (tertiary/aromatic N) is 2. The van der Waals surface area contributed by atoms with Gasteiger partial charge in [0.25, 0.3) is 0 Å². The number of aryl methyl sites for hydroxylation is 2. The molecule has 0 atom stereocenters. The number of pyridine rings is 2. The predicted octanol–water partition coefficient (Wildman–Crippen LogP) is 2.26. The van der Waals surface area contributed by atoms with Crippen molar-refractivity contribution in [2.24, 2.45) is 0 Å². The van der Waals surface area contributed by atoms with E-state index in [0.29, 0.717) is 5.56 Å². The molecule has 21 heavy (non-hydrogen) atoms. The Labute approximate surface area is 122 Å². The third-order valence-corrected chi connectivity index (χ3v) is 2.49. The van der Waals surface area contributed by atoms with E-state index in [4.69, 9.17) is 5.11 Å². The molecule has 0 saturated carbocycles. The van der Waals surface area contributed by atoms with E-state index in [-0.39, 0.29) is 11.5 Å². The van der Waals surface area contributed by atoms with E-state index in [1.807, 2.05) is 13.8 Å². The second-order valence-corrected chi connectivity index (χ2v) is 4.17. The molecular formula is C15H16N2O4. The standard InChI is InChI=1S/C8H9NO2.C7H7NO2/c1-6-3-4-7(5-9-6)8(10)11-2;1-5-2-3-6(4-8-5)7(9)10/h3-5H,1-2H3;2-4H,1H3,(H,9,10). The lowest BCUT2D eigenvalue weighted by Gasteiger charge is -1.97. The number of carbonyl (C=O) groups excluding carboxylic acids is 1. The number of esters is 1. The molecule has 2 rings (SSSR count). The highest BCUT2D eigenvalue weighted by Crippen LogP contribution is 2.00. The first-order valence-electron chi connectivity index (χ1n) is 6.11. The van der Waals surface area contributed by atoms with Crippen LogP contribution in [0.1, 0.15) is 32.1 Å². The Bertz CT molecular complexity index is 607. The molecule has 6 heteroatoms. The number of aromatic carboxylic acids is 1. The molecule has 1 N–H and O–H groups in total. The Morgan fingerprint density at radius 1 is 0.952 bits per heavy atom. The van der Waals surface area contributed by atoms with Gasteiger partial charge in [0.2, 0.25) is 0 Å². The Balaban J connectivity index is 0.000000211. The molecule has 2 heterocycles. The summed E-state index contributed by atoms with van der Waals surface area (Å²) in [6.45, 7) is 3.67. The lowest BCUT2D eigenvalue weighted by molar-refractivity contribution is 0.0599.